The molecule has 0 bridgehead atoms. The fourth-order valence-electron chi connectivity index (χ4n) is 3.19. The molecule has 0 aliphatic carbocycles. The van der Waals surface area contributed by atoms with Crippen molar-refractivity contribution < 1.29 is 9.59 Å². The lowest BCUT2D eigenvalue weighted by atomic mass is 9.91. The van der Waals surface area contributed by atoms with Crippen molar-refractivity contribution in [1.29, 1.82) is 0 Å². The summed E-state index contributed by atoms with van der Waals surface area (Å²) in [5, 5.41) is 4.28. The van der Waals surface area contributed by atoms with Gasteiger partial charge in [-0.3, -0.25) is 14.6 Å². The third-order valence-corrected chi connectivity index (χ3v) is 4.45. The van der Waals surface area contributed by atoms with Gasteiger partial charge in [-0.25, -0.2) is 9.50 Å². The first-order chi connectivity index (χ1) is 12.2. The zero-order valence-corrected chi connectivity index (χ0v) is 13.6. The summed E-state index contributed by atoms with van der Waals surface area (Å²) in [5.74, 6) is -0.387. The van der Waals surface area contributed by atoms with Crippen molar-refractivity contribution in [3.05, 3.63) is 60.3 Å². The van der Waals surface area contributed by atoms with Gasteiger partial charge in [0.1, 0.15) is 5.69 Å². The van der Waals surface area contributed by atoms with Crippen LogP contribution in [0.3, 0.4) is 0 Å². The number of hydrogen-bond donors (Lipinski definition) is 0. The Labute approximate surface area is 144 Å². The predicted molar refractivity (Wildman–Crippen MR) is 90.2 cm³/mol. The van der Waals surface area contributed by atoms with Crippen LogP contribution in [0.25, 0.3) is 5.65 Å². The largest absolute Gasteiger partial charge is 0.337 e. The molecule has 1 saturated heterocycles. The summed E-state index contributed by atoms with van der Waals surface area (Å²) >= 11 is 0. The molecule has 1 aliphatic heterocycles. The summed E-state index contributed by atoms with van der Waals surface area (Å²) in [6, 6.07) is 8.74. The van der Waals surface area contributed by atoms with Gasteiger partial charge in [0.05, 0.1) is 0 Å². The number of aromatic nitrogens is 4. The van der Waals surface area contributed by atoms with Gasteiger partial charge >= 0.3 is 0 Å². The number of piperidine rings is 1. The Kier molecular flexibility index (Phi) is 3.97. The lowest BCUT2D eigenvalue weighted by Crippen LogP contribution is -2.42. The number of Topliss-reactive ketones (excluding diaryl/α,β-unsaturated/α-hetero) is 1. The Bertz CT molecular complexity index is 888. The van der Waals surface area contributed by atoms with Gasteiger partial charge in [0.25, 0.3) is 5.91 Å². The van der Waals surface area contributed by atoms with Crippen molar-refractivity contribution in [2.24, 2.45) is 5.92 Å². The first-order valence-electron chi connectivity index (χ1n) is 8.27. The molecule has 0 aromatic carbocycles. The molecule has 0 saturated carbocycles. The molecule has 0 spiro atoms. The first kappa shape index (κ1) is 15.4. The molecule has 3 aromatic heterocycles. The molecule has 1 fully saturated rings. The Morgan fingerprint density at radius 2 is 1.96 bits per heavy atom. The maximum atomic E-state index is 12.8. The molecular weight excluding hydrogens is 318 g/mol. The average Bonchev–Trinajstić information content (AvgIpc) is 3.12. The molecule has 25 heavy (non-hydrogen) atoms. The van der Waals surface area contributed by atoms with E-state index in [9.17, 15) is 9.59 Å². The first-order valence-corrected chi connectivity index (χ1v) is 8.27. The fraction of sp³-hybridized carbons (Fsp3) is 0.278. The number of pyridine rings is 1. The van der Waals surface area contributed by atoms with E-state index in [0.717, 1.165) is 12.8 Å². The number of likely N-dealkylation sites (tertiary alicyclic amines) is 1. The number of rotatable bonds is 3. The van der Waals surface area contributed by atoms with Crippen molar-refractivity contribution in [3.8, 4) is 0 Å². The second-order valence-electron chi connectivity index (χ2n) is 6.12. The maximum Gasteiger partial charge on any atom is 0.274 e. The highest BCUT2D eigenvalue weighted by Gasteiger charge is 2.30. The maximum absolute atomic E-state index is 12.8. The second-order valence-corrected chi connectivity index (χ2v) is 6.12. The zero-order valence-electron chi connectivity index (χ0n) is 13.6. The van der Waals surface area contributed by atoms with Gasteiger partial charge < -0.3 is 4.90 Å². The van der Waals surface area contributed by atoms with Crippen LogP contribution < -0.4 is 0 Å². The van der Waals surface area contributed by atoms with E-state index in [-0.39, 0.29) is 17.6 Å². The minimum Gasteiger partial charge on any atom is -0.337 e. The second kappa shape index (κ2) is 6.43. The van der Waals surface area contributed by atoms with Crippen LogP contribution in [-0.2, 0) is 0 Å². The standard InChI is InChI=1S/C18H17N5O2/c24-17(14-6-1-2-7-19-14)13-5-3-9-22(12-13)18(25)15-11-16-20-8-4-10-23(16)21-15/h1-2,4,6-8,10-11,13H,3,5,9,12H2. The van der Waals surface area contributed by atoms with Crippen LogP contribution >= 0.6 is 0 Å². The number of hydrogen-bond acceptors (Lipinski definition) is 5. The Balaban J connectivity index is 1.52. The Morgan fingerprint density at radius 1 is 1.08 bits per heavy atom. The zero-order chi connectivity index (χ0) is 17.2. The molecule has 1 amide bonds. The van der Waals surface area contributed by atoms with Gasteiger partial charge in [0, 0.05) is 43.7 Å². The lowest BCUT2D eigenvalue weighted by Gasteiger charge is -2.31. The highest BCUT2D eigenvalue weighted by Crippen LogP contribution is 2.21. The third-order valence-electron chi connectivity index (χ3n) is 4.45. The van der Waals surface area contributed by atoms with Gasteiger partial charge in [-0.2, -0.15) is 5.10 Å². The Morgan fingerprint density at radius 3 is 2.76 bits per heavy atom. The molecule has 0 N–H and O–H groups in total. The number of carbonyl (C=O) groups excluding carboxylic acids is 2. The predicted octanol–water partition coefficient (Wildman–Crippen LogP) is 1.86. The number of nitrogens with zero attached hydrogens (tertiary/aromatic N) is 5. The molecule has 7 nitrogen and oxygen atoms in total. The van der Waals surface area contributed by atoms with E-state index < -0.39 is 0 Å². The summed E-state index contributed by atoms with van der Waals surface area (Å²) in [6.45, 7) is 1.03. The van der Waals surface area contributed by atoms with Crippen LogP contribution in [0.5, 0.6) is 0 Å². The minimum atomic E-state index is -0.220. The Hall–Kier alpha value is -3.09. The van der Waals surface area contributed by atoms with E-state index in [1.54, 1.807) is 58.3 Å². The van der Waals surface area contributed by atoms with Gasteiger partial charge in [0.2, 0.25) is 0 Å². The summed E-state index contributed by atoms with van der Waals surface area (Å²) in [4.78, 5) is 35.4. The van der Waals surface area contributed by atoms with Crippen LogP contribution in [0.4, 0.5) is 0 Å². The fourth-order valence-corrected chi connectivity index (χ4v) is 3.19. The highest BCUT2D eigenvalue weighted by molar-refractivity contribution is 5.97. The van der Waals surface area contributed by atoms with Crippen molar-refractivity contribution in [2.45, 2.75) is 12.8 Å². The molecule has 0 radical (unpaired) electrons. The van der Waals surface area contributed by atoms with E-state index in [0.29, 0.717) is 30.1 Å². The molecule has 1 atom stereocenters. The van der Waals surface area contributed by atoms with Crippen LogP contribution in [0, 0.1) is 5.92 Å². The molecule has 7 heteroatoms. The molecule has 4 heterocycles. The van der Waals surface area contributed by atoms with Gasteiger partial charge in [-0.1, -0.05) is 6.07 Å². The average molecular weight is 335 g/mol. The van der Waals surface area contributed by atoms with E-state index >= 15 is 0 Å². The number of amides is 1. The monoisotopic (exact) mass is 335 g/mol. The van der Waals surface area contributed by atoms with Crippen LogP contribution in [0.1, 0.15) is 33.8 Å². The van der Waals surface area contributed by atoms with Crippen LogP contribution in [0.2, 0.25) is 0 Å². The lowest BCUT2D eigenvalue weighted by molar-refractivity contribution is 0.0630. The quantitative estimate of drug-likeness (QED) is 0.683. The summed E-state index contributed by atoms with van der Waals surface area (Å²) < 4.78 is 1.58. The van der Waals surface area contributed by atoms with Gasteiger partial charge in [-0.15, -0.1) is 0 Å². The van der Waals surface area contributed by atoms with E-state index in [1.165, 1.54) is 0 Å². The van der Waals surface area contributed by atoms with Crippen molar-refractivity contribution in [3.63, 3.8) is 0 Å². The van der Waals surface area contributed by atoms with Crippen molar-refractivity contribution in [2.75, 3.05) is 13.1 Å². The number of carbonyl (C=O) groups is 2. The summed E-state index contributed by atoms with van der Waals surface area (Å²) in [6.07, 6.45) is 6.59. The van der Waals surface area contributed by atoms with Crippen LogP contribution in [-0.4, -0.2) is 49.3 Å². The molecule has 3 aromatic rings. The van der Waals surface area contributed by atoms with Crippen molar-refractivity contribution >= 4 is 17.3 Å². The minimum absolute atomic E-state index is 0.00484. The number of ketones is 1. The normalized spacial score (nSPS) is 17.6. The smallest absolute Gasteiger partial charge is 0.274 e. The molecule has 126 valence electrons. The van der Waals surface area contributed by atoms with Crippen LogP contribution in [0.15, 0.2) is 48.9 Å². The molecule has 1 unspecified atom stereocenters. The van der Waals surface area contributed by atoms with Crippen molar-refractivity contribution in [1.82, 2.24) is 24.5 Å². The SMILES string of the molecule is O=C(c1ccccn1)C1CCCN(C(=O)c2cc3ncccn3n2)C1. The van der Waals surface area contributed by atoms with Gasteiger partial charge in [0.15, 0.2) is 17.1 Å². The van der Waals surface area contributed by atoms with E-state index in [2.05, 4.69) is 15.1 Å². The van der Waals surface area contributed by atoms with E-state index in [4.69, 9.17) is 0 Å². The van der Waals surface area contributed by atoms with Gasteiger partial charge in [-0.05, 0) is 31.0 Å². The molecule has 4 rings (SSSR count). The summed E-state index contributed by atoms with van der Waals surface area (Å²) in [7, 11) is 0. The third kappa shape index (κ3) is 3.00. The number of fused-ring (bicyclic) bond motifs is 1. The molecule has 1 aliphatic rings. The highest BCUT2D eigenvalue weighted by atomic mass is 16.2. The topological polar surface area (TPSA) is 80.5 Å². The molecular formula is C18H17N5O2. The van der Waals surface area contributed by atoms with E-state index in [1.807, 2.05) is 0 Å². The summed E-state index contributed by atoms with van der Waals surface area (Å²) in [5.41, 5.74) is 1.44.